The van der Waals surface area contributed by atoms with Gasteiger partial charge in [-0.15, -0.1) is 0 Å². The summed E-state index contributed by atoms with van der Waals surface area (Å²) in [5.74, 6) is -0.0442. The highest BCUT2D eigenvalue weighted by Crippen LogP contribution is 2.28. The number of pyridine rings is 1. The molecule has 0 aliphatic rings. The van der Waals surface area contributed by atoms with Crippen LogP contribution in [0.1, 0.15) is 16.2 Å². The standard InChI is InChI=1S/C16H11Cl2N3O2/c17-12-5-4-10(7-13(12)18)16-21-14(9-23-16)15(22)20-8-11-3-1-2-6-19-11/h1-7,9H,8H2,(H,20,22). The van der Waals surface area contributed by atoms with E-state index in [1.165, 1.54) is 6.26 Å². The van der Waals surface area contributed by atoms with Gasteiger partial charge in [-0.2, -0.15) is 0 Å². The van der Waals surface area contributed by atoms with Crippen molar-refractivity contribution in [2.45, 2.75) is 6.54 Å². The minimum Gasteiger partial charge on any atom is -0.444 e. The molecule has 0 spiro atoms. The van der Waals surface area contributed by atoms with Gasteiger partial charge in [-0.1, -0.05) is 29.3 Å². The van der Waals surface area contributed by atoms with Crippen LogP contribution in [0.25, 0.3) is 11.5 Å². The molecule has 2 heterocycles. The number of carbonyl (C=O) groups is 1. The van der Waals surface area contributed by atoms with E-state index in [1.54, 1.807) is 24.4 Å². The lowest BCUT2D eigenvalue weighted by molar-refractivity contribution is 0.0945. The maximum Gasteiger partial charge on any atom is 0.273 e. The number of halogens is 2. The van der Waals surface area contributed by atoms with Gasteiger partial charge in [-0.25, -0.2) is 4.98 Å². The molecule has 0 unspecified atom stereocenters. The van der Waals surface area contributed by atoms with E-state index < -0.39 is 0 Å². The summed E-state index contributed by atoms with van der Waals surface area (Å²) >= 11 is 11.8. The Morgan fingerprint density at radius 3 is 2.78 bits per heavy atom. The maximum atomic E-state index is 12.1. The number of nitrogens with one attached hydrogen (secondary N) is 1. The number of aromatic nitrogens is 2. The van der Waals surface area contributed by atoms with E-state index in [9.17, 15) is 4.79 Å². The predicted molar refractivity (Wildman–Crippen MR) is 87.4 cm³/mol. The summed E-state index contributed by atoms with van der Waals surface area (Å²) in [6, 6.07) is 10.5. The fraction of sp³-hybridized carbons (Fsp3) is 0.0625. The molecule has 7 heteroatoms. The first-order valence-corrected chi connectivity index (χ1v) is 7.48. The molecule has 1 amide bonds. The van der Waals surface area contributed by atoms with Crippen LogP contribution in [0, 0.1) is 0 Å². The summed E-state index contributed by atoms with van der Waals surface area (Å²) < 4.78 is 5.33. The van der Waals surface area contributed by atoms with Gasteiger partial charge in [-0.3, -0.25) is 9.78 Å². The third kappa shape index (κ3) is 3.70. The molecule has 0 fully saturated rings. The number of hydrogen-bond donors (Lipinski definition) is 1. The fourth-order valence-electron chi connectivity index (χ4n) is 1.90. The molecule has 1 aromatic carbocycles. The van der Waals surface area contributed by atoms with E-state index in [2.05, 4.69) is 15.3 Å². The van der Waals surface area contributed by atoms with Gasteiger partial charge in [0.15, 0.2) is 5.69 Å². The molecule has 0 atom stereocenters. The quantitative estimate of drug-likeness (QED) is 0.775. The van der Waals surface area contributed by atoms with Crippen LogP contribution >= 0.6 is 23.2 Å². The number of nitrogens with zero attached hydrogens (tertiary/aromatic N) is 2. The van der Waals surface area contributed by atoms with Gasteiger partial charge in [0.2, 0.25) is 5.89 Å². The van der Waals surface area contributed by atoms with E-state index in [1.807, 2.05) is 18.2 Å². The molecule has 23 heavy (non-hydrogen) atoms. The molecule has 0 aliphatic heterocycles. The van der Waals surface area contributed by atoms with E-state index in [0.29, 0.717) is 28.0 Å². The second-order valence-electron chi connectivity index (χ2n) is 4.67. The molecule has 3 rings (SSSR count). The van der Waals surface area contributed by atoms with Gasteiger partial charge in [0.25, 0.3) is 5.91 Å². The summed E-state index contributed by atoms with van der Waals surface area (Å²) in [4.78, 5) is 20.4. The molecule has 0 saturated carbocycles. The maximum absolute atomic E-state index is 12.1. The predicted octanol–water partition coefficient (Wildman–Crippen LogP) is 3.97. The topological polar surface area (TPSA) is 68.0 Å². The molecule has 2 aromatic heterocycles. The Hall–Kier alpha value is -2.37. The zero-order valence-corrected chi connectivity index (χ0v) is 13.3. The SMILES string of the molecule is O=C(NCc1ccccn1)c1coc(-c2ccc(Cl)c(Cl)c2)n1. The van der Waals surface area contributed by atoms with Gasteiger partial charge < -0.3 is 9.73 Å². The second-order valence-corrected chi connectivity index (χ2v) is 5.48. The Balaban J connectivity index is 1.71. The first-order valence-electron chi connectivity index (χ1n) is 6.72. The minimum absolute atomic E-state index is 0.182. The lowest BCUT2D eigenvalue weighted by Crippen LogP contribution is -2.23. The zero-order chi connectivity index (χ0) is 16.2. The van der Waals surface area contributed by atoms with Crippen molar-refractivity contribution >= 4 is 29.1 Å². The highest BCUT2D eigenvalue weighted by molar-refractivity contribution is 6.42. The molecule has 0 saturated heterocycles. The second kappa shape index (κ2) is 6.81. The summed E-state index contributed by atoms with van der Waals surface area (Å²) in [5.41, 5.74) is 1.58. The third-order valence-corrected chi connectivity index (χ3v) is 3.80. The number of amides is 1. The van der Waals surface area contributed by atoms with Gasteiger partial charge >= 0.3 is 0 Å². The van der Waals surface area contributed by atoms with Crippen LogP contribution in [0.15, 0.2) is 53.3 Å². The molecule has 5 nitrogen and oxygen atoms in total. The normalized spacial score (nSPS) is 10.5. The fourth-order valence-corrected chi connectivity index (χ4v) is 2.20. The van der Waals surface area contributed by atoms with Crippen molar-refractivity contribution in [3.05, 3.63) is 70.3 Å². The van der Waals surface area contributed by atoms with Crippen molar-refractivity contribution in [3.8, 4) is 11.5 Å². The van der Waals surface area contributed by atoms with Gasteiger partial charge in [0.1, 0.15) is 6.26 Å². The summed E-state index contributed by atoms with van der Waals surface area (Å²) in [5, 5.41) is 3.56. The molecule has 0 aliphatic carbocycles. The number of rotatable bonds is 4. The summed E-state index contributed by atoms with van der Waals surface area (Å²) in [6.45, 7) is 0.314. The van der Waals surface area contributed by atoms with Crippen molar-refractivity contribution in [1.82, 2.24) is 15.3 Å². The highest BCUT2D eigenvalue weighted by Gasteiger charge is 2.14. The number of benzene rings is 1. The van der Waals surface area contributed by atoms with Crippen LogP contribution < -0.4 is 5.32 Å². The average Bonchev–Trinajstić information content (AvgIpc) is 3.06. The number of carbonyl (C=O) groups excluding carboxylic acids is 1. The molecular formula is C16H11Cl2N3O2. The van der Waals surface area contributed by atoms with Gasteiger partial charge in [0.05, 0.1) is 22.3 Å². The molecule has 3 aromatic rings. The van der Waals surface area contributed by atoms with E-state index in [0.717, 1.165) is 5.69 Å². The Kier molecular flexibility index (Phi) is 4.60. The number of oxazole rings is 1. The van der Waals surface area contributed by atoms with Crippen molar-refractivity contribution in [3.63, 3.8) is 0 Å². The monoisotopic (exact) mass is 347 g/mol. The van der Waals surface area contributed by atoms with Crippen molar-refractivity contribution in [2.24, 2.45) is 0 Å². The lowest BCUT2D eigenvalue weighted by Gasteiger charge is -2.01. The van der Waals surface area contributed by atoms with Crippen LogP contribution in [-0.4, -0.2) is 15.9 Å². The first-order chi connectivity index (χ1) is 11.1. The van der Waals surface area contributed by atoms with E-state index in [-0.39, 0.29) is 11.6 Å². The van der Waals surface area contributed by atoms with Crippen LogP contribution in [0.4, 0.5) is 0 Å². The summed E-state index contributed by atoms with van der Waals surface area (Å²) in [6.07, 6.45) is 2.96. The van der Waals surface area contributed by atoms with Crippen LogP contribution in [0.3, 0.4) is 0 Å². The van der Waals surface area contributed by atoms with Gasteiger partial charge in [0, 0.05) is 11.8 Å². The van der Waals surface area contributed by atoms with Gasteiger partial charge in [-0.05, 0) is 30.3 Å². The van der Waals surface area contributed by atoms with Crippen molar-refractivity contribution in [2.75, 3.05) is 0 Å². The van der Waals surface area contributed by atoms with E-state index in [4.69, 9.17) is 27.6 Å². The minimum atomic E-state index is -0.342. The van der Waals surface area contributed by atoms with Crippen LogP contribution in [-0.2, 0) is 6.54 Å². The smallest absolute Gasteiger partial charge is 0.273 e. The zero-order valence-electron chi connectivity index (χ0n) is 11.8. The van der Waals surface area contributed by atoms with Crippen molar-refractivity contribution < 1.29 is 9.21 Å². The molecule has 116 valence electrons. The van der Waals surface area contributed by atoms with Crippen LogP contribution in [0.2, 0.25) is 10.0 Å². The molecule has 0 radical (unpaired) electrons. The lowest BCUT2D eigenvalue weighted by atomic mass is 10.2. The average molecular weight is 348 g/mol. The van der Waals surface area contributed by atoms with Crippen LogP contribution in [0.5, 0.6) is 0 Å². The summed E-state index contributed by atoms with van der Waals surface area (Å²) in [7, 11) is 0. The van der Waals surface area contributed by atoms with E-state index >= 15 is 0 Å². The first kappa shape index (κ1) is 15.5. The molecule has 1 N–H and O–H groups in total. The molecular weight excluding hydrogens is 337 g/mol. The Bertz CT molecular complexity index is 834. The Labute approximate surface area is 142 Å². The number of hydrogen-bond acceptors (Lipinski definition) is 4. The Morgan fingerprint density at radius 1 is 1.17 bits per heavy atom. The highest BCUT2D eigenvalue weighted by atomic mass is 35.5. The largest absolute Gasteiger partial charge is 0.444 e. The third-order valence-electron chi connectivity index (χ3n) is 3.06. The molecule has 0 bridgehead atoms. The Morgan fingerprint density at radius 2 is 2.04 bits per heavy atom. The van der Waals surface area contributed by atoms with Crippen molar-refractivity contribution in [1.29, 1.82) is 0 Å².